The molecule has 2 atom stereocenters. The Morgan fingerprint density at radius 3 is 2.56 bits per heavy atom. The number of rotatable bonds is 4. The molecular weight excluding hydrogens is 447 g/mol. The normalized spacial score (nSPS) is 24.8. The zero-order valence-corrected chi connectivity index (χ0v) is 18.4. The summed E-state index contributed by atoms with van der Waals surface area (Å²) in [6.07, 6.45) is 3.51. The summed E-state index contributed by atoms with van der Waals surface area (Å²) in [4.78, 5) is 6.96. The predicted octanol–water partition coefficient (Wildman–Crippen LogP) is 3.85. The third kappa shape index (κ3) is 5.73. The number of hydrogen-bond donors (Lipinski definition) is 2. The Morgan fingerprint density at radius 1 is 1.24 bits per heavy atom. The smallest absolute Gasteiger partial charge is 0.191 e. The van der Waals surface area contributed by atoms with Crippen LogP contribution in [0.1, 0.15) is 44.6 Å². The third-order valence-corrected chi connectivity index (χ3v) is 5.45. The number of halogens is 2. The lowest BCUT2D eigenvalue weighted by Crippen LogP contribution is -2.50. The number of piperidine rings is 1. The van der Waals surface area contributed by atoms with E-state index in [2.05, 4.69) is 46.5 Å². The molecule has 1 saturated heterocycles. The Morgan fingerprint density at radius 2 is 1.96 bits per heavy atom. The number of nitrogens with zero attached hydrogens (tertiary/aromatic N) is 2. The maximum atomic E-state index is 6.10. The second kappa shape index (κ2) is 9.42. The Bertz CT molecular complexity index is 585. The predicted molar refractivity (Wildman–Crippen MR) is 117 cm³/mol. The number of nitrogens with one attached hydrogen (secondary N) is 2. The molecule has 1 aliphatic heterocycles. The van der Waals surface area contributed by atoms with E-state index in [1.807, 2.05) is 19.2 Å². The van der Waals surface area contributed by atoms with Gasteiger partial charge in [-0.3, -0.25) is 4.99 Å². The van der Waals surface area contributed by atoms with E-state index in [0.29, 0.717) is 24.0 Å². The molecule has 25 heavy (non-hydrogen) atoms. The van der Waals surface area contributed by atoms with Crippen molar-refractivity contribution in [2.24, 2.45) is 4.99 Å². The minimum Gasteiger partial charge on any atom is -0.354 e. The van der Waals surface area contributed by atoms with Gasteiger partial charge in [0.05, 0.1) is 0 Å². The first kappa shape index (κ1) is 20.8. The number of likely N-dealkylation sites (tertiary alicyclic amines) is 1. The molecule has 0 bridgehead atoms. The van der Waals surface area contributed by atoms with E-state index >= 15 is 0 Å². The zero-order valence-electron chi connectivity index (χ0n) is 15.3. The molecule has 0 radical (unpaired) electrons. The molecule has 140 valence electrons. The Balaban J connectivity index is 0.00000225. The van der Waals surface area contributed by atoms with Crippen LogP contribution in [0.4, 0.5) is 0 Å². The zero-order chi connectivity index (χ0) is 17.1. The highest BCUT2D eigenvalue weighted by molar-refractivity contribution is 14.0. The summed E-state index contributed by atoms with van der Waals surface area (Å²) in [7, 11) is 1.86. The van der Waals surface area contributed by atoms with Crippen LogP contribution in [-0.2, 0) is 0 Å². The van der Waals surface area contributed by atoms with Gasteiger partial charge in [0.25, 0.3) is 0 Å². The highest BCUT2D eigenvalue weighted by Gasteiger charge is 2.39. The van der Waals surface area contributed by atoms with Crippen molar-refractivity contribution in [3.8, 4) is 0 Å². The monoisotopic (exact) mass is 476 g/mol. The molecular formula is C19H30ClIN4. The number of guanidine groups is 1. The van der Waals surface area contributed by atoms with Crippen molar-refractivity contribution in [2.45, 2.75) is 57.2 Å². The van der Waals surface area contributed by atoms with Gasteiger partial charge in [-0.1, -0.05) is 23.7 Å². The van der Waals surface area contributed by atoms with Crippen molar-refractivity contribution in [3.63, 3.8) is 0 Å². The van der Waals surface area contributed by atoms with Crippen LogP contribution in [0.5, 0.6) is 0 Å². The molecule has 1 aromatic rings. The second-order valence-corrected chi connectivity index (χ2v) is 7.71. The summed E-state index contributed by atoms with van der Waals surface area (Å²) in [6, 6.07) is 9.83. The lowest BCUT2D eigenvalue weighted by Gasteiger charge is -2.35. The molecule has 2 N–H and O–H groups in total. The molecule has 4 nitrogen and oxygen atoms in total. The van der Waals surface area contributed by atoms with Gasteiger partial charge in [-0.15, -0.1) is 24.0 Å². The first-order valence-corrected chi connectivity index (χ1v) is 9.44. The van der Waals surface area contributed by atoms with Crippen molar-refractivity contribution in [1.82, 2.24) is 15.5 Å². The van der Waals surface area contributed by atoms with Gasteiger partial charge in [0.2, 0.25) is 0 Å². The Hall–Kier alpha value is -0.530. The number of aliphatic imine (C=N–C) groups is 1. The molecule has 0 aromatic heterocycles. The number of hydrogen-bond acceptors (Lipinski definition) is 2. The maximum absolute atomic E-state index is 6.10. The Labute approximate surface area is 173 Å². The van der Waals surface area contributed by atoms with Gasteiger partial charge in [-0.25, -0.2) is 0 Å². The van der Waals surface area contributed by atoms with Gasteiger partial charge >= 0.3 is 0 Å². The first-order chi connectivity index (χ1) is 11.6. The van der Waals surface area contributed by atoms with E-state index < -0.39 is 0 Å². The van der Waals surface area contributed by atoms with Crippen LogP contribution in [0.25, 0.3) is 0 Å². The molecule has 1 aliphatic carbocycles. The highest BCUT2D eigenvalue weighted by atomic mass is 127. The van der Waals surface area contributed by atoms with E-state index in [-0.39, 0.29) is 24.0 Å². The van der Waals surface area contributed by atoms with Crippen LogP contribution in [0.15, 0.2) is 29.3 Å². The van der Waals surface area contributed by atoms with Crippen molar-refractivity contribution < 1.29 is 0 Å². The van der Waals surface area contributed by atoms with Gasteiger partial charge in [0.1, 0.15) is 0 Å². The lowest BCUT2D eigenvalue weighted by molar-refractivity contribution is 0.167. The first-order valence-electron chi connectivity index (χ1n) is 9.06. The van der Waals surface area contributed by atoms with E-state index in [9.17, 15) is 0 Å². The van der Waals surface area contributed by atoms with Gasteiger partial charge in [-0.05, 0) is 50.8 Å². The van der Waals surface area contributed by atoms with Gasteiger partial charge < -0.3 is 15.5 Å². The fraction of sp³-hybridized carbons (Fsp3) is 0.632. The van der Waals surface area contributed by atoms with E-state index in [1.165, 1.54) is 31.5 Å². The summed E-state index contributed by atoms with van der Waals surface area (Å²) >= 11 is 6.10. The molecule has 6 heteroatoms. The minimum absolute atomic E-state index is 0. The average Bonchev–Trinajstić information content (AvgIpc) is 3.34. The summed E-state index contributed by atoms with van der Waals surface area (Å²) in [5.74, 6) is 1.48. The van der Waals surface area contributed by atoms with E-state index in [4.69, 9.17) is 11.6 Å². The molecule has 3 rings (SSSR count). The SMILES string of the molecule is CN=C(NC1CCN(C(C)C)CC1)NC1CC1c1cccc(Cl)c1.I. The van der Waals surface area contributed by atoms with Crippen LogP contribution >= 0.6 is 35.6 Å². The van der Waals surface area contributed by atoms with Crippen molar-refractivity contribution in [3.05, 3.63) is 34.9 Å². The minimum atomic E-state index is 0. The summed E-state index contributed by atoms with van der Waals surface area (Å²) in [5.41, 5.74) is 1.32. The molecule has 0 spiro atoms. The lowest BCUT2D eigenvalue weighted by atomic mass is 10.0. The van der Waals surface area contributed by atoms with Crippen LogP contribution in [-0.4, -0.2) is 49.1 Å². The third-order valence-electron chi connectivity index (χ3n) is 5.21. The van der Waals surface area contributed by atoms with E-state index in [1.54, 1.807) is 0 Å². The fourth-order valence-electron chi connectivity index (χ4n) is 3.56. The van der Waals surface area contributed by atoms with Crippen molar-refractivity contribution in [1.29, 1.82) is 0 Å². The molecule has 2 unspecified atom stereocenters. The molecule has 1 saturated carbocycles. The standard InChI is InChI=1S/C19H29ClN4.HI/c1-13(2)24-9-7-16(8-10-24)22-19(21-3)23-18-12-17(18)14-5-4-6-15(20)11-14;/h4-6,11,13,16-18H,7-10,12H2,1-3H3,(H2,21,22,23);1H. The van der Waals surface area contributed by atoms with Gasteiger partial charge in [-0.2, -0.15) is 0 Å². The van der Waals surface area contributed by atoms with Crippen LogP contribution in [0.2, 0.25) is 5.02 Å². The van der Waals surface area contributed by atoms with Gasteiger partial charge in [0, 0.05) is 49.2 Å². The van der Waals surface area contributed by atoms with E-state index in [0.717, 1.165) is 17.4 Å². The number of benzene rings is 1. The summed E-state index contributed by atoms with van der Waals surface area (Å²) in [6.45, 7) is 6.89. The largest absolute Gasteiger partial charge is 0.354 e. The molecule has 2 fully saturated rings. The van der Waals surface area contributed by atoms with Crippen LogP contribution in [0, 0.1) is 0 Å². The van der Waals surface area contributed by atoms with Crippen molar-refractivity contribution in [2.75, 3.05) is 20.1 Å². The van der Waals surface area contributed by atoms with Crippen molar-refractivity contribution >= 4 is 41.5 Å². The van der Waals surface area contributed by atoms with Gasteiger partial charge in [0.15, 0.2) is 5.96 Å². The Kier molecular flexibility index (Phi) is 7.83. The van der Waals surface area contributed by atoms with Crippen LogP contribution < -0.4 is 10.6 Å². The quantitative estimate of drug-likeness (QED) is 0.394. The molecule has 2 aliphatic rings. The molecule has 0 amide bonds. The second-order valence-electron chi connectivity index (χ2n) is 7.27. The molecule has 1 aromatic carbocycles. The highest BCUT2D eigenvalue weighted by Crippen LogP contribution is 2.41. The maximum Gasteiger partial charge on any atom is 0.191 e. The fourth-order valence-corrected chi connectivity index (χ4v) is 3.76. The average molecular weight is 477 g/mol. The van der Waals surface area contributed by atoms with Crippen LogP contribution in [0.3, 0.4) is 0 Å². The summed E-state index contributed by atoms with van der Waals surface area (Å²) in [5, 5.41) is 8.00. The molecule has 1 heterocycles. The topological polar surface area (TPSA) is 39.7 Å². The summed E-state index contributed by atoms with van der Waals surface area (Å²) < 4.78 is 0.